The van der Waals surface area contributed by atoms with Gasteiger partial charge in [0.25, 0.3) is 0 Å². The number of nitrogens with one attached hydrogen (secondary N) is 1. The van der Waals surface area contributed by atoms with E-state index in [1.807, 2.05) is 12.1 Å². The molecule has 1 atom stereocenters. The van der Waals surface area contributed by atoms with E-state index in [0.717, 1.165) is 18.7 Å². The second-order valence-corrected chi connectivity index (χ2v) is 4.41. The molecular weight excluding hydrogens is 224 g/mol. The summed E-state index contributed by atoms with van der Waals surface area (Å²) < 4.78 is 0. The lowest BCUT2D eigenvalue weighted by molar-refractivity contribution is 0.700. The summed E-state index contributed by atoms with van der Waals surface area (Å²) in [4.78, 5) is 0. The number of aryl methyl sites for hydroxylation is 1. The van der Waals surface area contributed by atoms with Gasteiger partial charge in [-0.2, -0.15) is 0 Å². The molecule has 94 valence electrons. The maximum atomic E-state index is 5.49. The zero-order valence-electron chi connectivity index (χ0n) is 10.5. The number of hydrogen-bond donors (Lipinski definition) is 2. The van der Waals surface area contributed by atoms with E-state index >= 15 is 0 Å². The molecule has 3 N–H and O–H groups in total. The number of benzene rings is 1. The van der Waals surface area contributed by atoms with Crippen molar-refractivity contribution in [2.24, 2.45) is 0 Å². The number of nitrogens with zero attached hydrogens (tertiary/aromatic N) is 2. The first-order chi connectivity index (χ1) is 8.74. The summed E-state index contributed by atoms with van der Waals surface area (Å²) in [5, 5.41) is 11.1. The molecule has 0 amide bonds. The predicted octanol–water partition coefficient (Wildman–Crippen LogP) is 2.49. The molecular formula is C14H18N4. The predicted molar refractivity (Wildman–Crippen MR) is 74.3 cm³/mol. The van der Waals surface area contributed by atoms with Gasteiger partial charge in [0.2, 0.25) is 0 Å². The standard InChI is InChI=1S/C14H18N4/c1-11(7-8-12-5-3-2-4-6-12)16-14-10-9-13(15)17-18-14/h2-6,9-11H,7-8H2,1H3,(H2,15,17)(H,16,18). The molecule has 2 aromatic rings. The Labute approximate surface area is 107 Å². The number of hydrogen-bond acceptors (Lipinski definition) is 4. The lowest BCUT2D eigenvalue weighted by Gasteiger charge is -2.13. The van der Waals surface area contributed by atoms with E-state index < -0.39 is 0 Å². The van der Waals surface area contributed by atoms with Gasteiger partial charge in [-0.3, -0.25) is 0 Å². The van der Waals surface area contributed by atoms with E-state index in [9.17, 15) is 0 Å². The molecule has 0 saturated carbocycles. The molecule has 18 heavy (non-hydrogen) atoms. The van der Waals surface area contributed by atoms with Gasteiger partial charge in [-0.25, -0.2) is 0 Å². The summed E-state index contributed by atoms with van der Waals surface area (Å²) in [6, 6.07) is 14.4. The molecule has 0 fully saturated rings. The SMILES string of the molecule is CC(CCc1ccccc1)Nc1ccc(N)nn1. The molecule has 0 radical (unpaired) electrons. The summed E-state index contributed by atoms with van der Waals surface area (Å²) >= 11 is 0. The van der Waals surface area contributed by atoms with Gasteiger partial charge in [-0.15, -0.1) is 10.2 Å². The Morgan fingerprint density at radius 1 is 1.11 bits per heavy atom. The number of anilines is 2. The molecule has 1 heterocycles. The van der Waals surface area contributed by atoms with Gasteiger partial charge in [0, 0.05) is 6.04 Å². The average molecular weight is 242 g/mol. The van der Waals surface area contributed by atoms with Gasteiger partial charge in [-0.1, -0.05) is 30.3 Å². The fraction of sp³-hybridized carbons (Fsp3) is 0.286. The third-order valence-corrected chi connectivity index (χ3v) is 2.79. The van der Waals surface area contributed by atoms with Crippen molar-refractivity contribution < 1.29 is 0 Å². The Morgan fingerprint density at radius 3 is 2.56 bits per heavy atom. The molecule has 0 saturated heterocycles. The van der Waals surface area contributed by atoms with E-state index in [-0.39, 0.29) is 0 Å². The summed E-state index contributed by atoms with van der Waals surface area (Å²) in [6.07, 6.45) is 2.10. The maximum Gasteiger partial charge on any atom is 0.149 e. The van der Waals surface area contributed by atoms with Crippen molar-refractivity contribution >= 4 is 11.6 Å². The van der Waals surface area contributed by atoms with Gasteiger partial charge in [-0.05, 0) is 37.5 Å². The summed E-state index contributed by atoms with van der Waals surface area (Å²) in [5.41, 5.74) is 6.85. The van der Waals surface area contributed by atoms with Crippen LogP contribution in [0.15, 0.2) is 42.5 Å². The lowest BCUT2D eigenvalue weighted by atomic mass is 10.1. The Kier molecular flexibility index (Phi) is 4.12. The fourth-order valence-corrected chi connectivity index (χ4v) is 1.77. The first-order valence-electron chi connectivity index (χ1n) is 6.14. The van der Waals surface area contributed by atoms with Crippen LogP contribution in [0.5, 0.6) is 0 Å². The third-order valence-electron chi connectivity index (χ3n) is 2.79. The highest BCUT2D eigenvalue weighted by Gasteiger charge is 2.03. The monoisotopic (exact) mass is 242 g/mol. The van der Waals surface area contributed by atoms with E-state index in [1.165, 1.54) is 5.56 Å². The fourth-order valence-electron chi connectivity index (χ4n) is 1.77. The van der Waals surface area contributed by atoms with Crippen LogP contribution in [0.3, 0.4) is 0 Å². The van der Waals surface area contributed by atoms with Crippen molar-refractivity contribution in [2.75, 3.05) is 11.1 Å². The molecule has 4 nitrogen and oxygen atoms in total. The Morgan fingerprint density at radius 2 is 1.89 bits per heavy atom. The van der Waals surface area contributed by atoms with E-state index in [2.05, 4.69) is 46.7 Å². The van der Waals surface area contributed by atoms with Crippen LogP contribution in [0, 0.1) is 0 Å². The number of rotatable bonds is 5. The minimum absolute atomic E-state index is 0.350. The van der Waals surface area contributed by atoms with Crippen molar-refractivity contribution in [3.63, 3.8) is 0 Å². The van der Waals surface area contributed by atoms with E-state index in [0.29, 0.717) is 11.9 Å². The average Bonchev–Trinajstić information content (AvgIpc) is 2.40. The van der Waals surface area contributed by atoms with E-state index in [1.54, 1.807) is 6.07 Å². The Hall–Kier alpha value is -2.10. The van der Waals surface area contributed by atoms with Gasteiger partial charge >= 0.3 is 0 Å². The quantitative estimate of drug-likeness (QED) is 0.845. The zero-order valence-corrected chi connectivity index (χ0v) is 10.5. The number of aromatic nitrogens is 2. The van der Waals surface area contributed by atoms with Crippen LogP contribution < -0.4 is 11.1 Å². The topological polar surface area (TPSA) is 63.8 Å². The van der Waals surface area contributed by atoms with Gasteiger partial charge in [0.1, 0.15) is 11.6 Å². The summed E-state index contributed by atoms with van der Waals surface area (Å²) in [5.74, 6) is 1.21. The molecule has 4 heteroatoms. The summed E-state index contributed by atoms with van der Waals surface area (Å²) in [7, 11) is 0. The number of nitrogens with two attached hydrogens (primary N) is 1. The van der Waals surface area contributed by atoms with Crippen LogP contribution in [-0.2, 0) is 6.42 Å². The van der Waals surface area contributed by atoms with Crippen LogP contribution in [0.2, 0.25) is 0 Å². The molecule has 1 unspecified atom stereocenters. The van der Waals surface area contributed by atoms with Gasteiger partial charge in [0.05, 0.1) is 0 Å². The first-order valence-corrected chi connectivity index (χ1v) is 6.14. The zero-order chi connectivity index (χ0) is 12.8. The molecule has 0 spiro atoms. The van der Waals surface area contributed by atoms with Crippen LogP contribution in [0.4, 0.5) is 11.6 Å². The van der Waals surface area contributed by atoms with Crippen LogP contribution in [0.1, 0.15) is 18.9 Å². The van der Waals surface area contributed by atoms with Crippen molar-refractivity contribution in [1.82, 2.24) is 10.2 Å². The molecule has 1 aromatic heterocycles. The minimum atomic E-state index is 0.350. The van der Waals surface area contributed by atoms with Crippen LogP contribution in [-0.4, -0.2) is 16.2 Å². The lowest BCUT2D eigenvalue weighted by Crippen LogP contribution is -2.17. The van der Waals surface area contributed by atoms with Crippen molar-refractivity contribution in [1.29, 1.82) is 0 Å². The van der Waals surface area contributed by atoms with Gasteiger partial charge < -0.3 is 11.1 Å². The normalized spacial score (nSPS) is 12.1. The second kappa shape index (κ2) is 6.00. The van der Waals surface area contributed by atoms with E-state index in [4.69, 9.17) is 5.73 Å². The molecule has 0 aliphatic rings. The molecule has 2 rings (SSSR count). The van der Waals surface area contributed by atoms with Crippen molar-refractivity contribution in [3.05, 3.63) is 48.0 Å². The highest BCUT2D eigenvalue weighted by atomic mass is 15.2. The third kappa shape index (κ3) is 3.73. The number of nitrogen functional groups attached to an aromatic ring is 1. The Bertz CT molecular complexity index is 467. The van der Waals surface area contributed by atoms with Crippen LogP contribution >= 0.6 is 0 Å². The molecule has 0 aliphatic heterocycles. The highest BCUT2D eigenvalue weighted by Crippen LogP contribution is 2.09. The molecule has 1 aromatic carbocycles. The van der Waals surface area contributed by atoms with Gasteiger partial charge in [0.15, 0.2) is 0 Å². The smallest absolute Gasteiger partial charge is 0.149 e. The first kappa shape index (κ1) is 12.4. The van der Waals surface area contributed by atoms with Crippen molar-refractivity contribution in [3.8, 4) is 0 Å². The maximum absolute atomic E-state index is 5.49. The highest BCUT2D eigenvalue weighted by molar-refractivity contribution is 5.39. The van der Waals surface area contributed by atoms with Crippen LogP contribution in [0.25, 0.3) is 0 Å². The largest absolute Gasteiger partial charge is 0.382 e. The second-order valence-electron chi connectivity index (χ2n) is 4.41. The van der Waals surface area contributed by atoms with Crippen molar-refractivity contribution in [2.45, 2.75) is 25.8 Å². The summed E-state index contributed by atoms with van der Waals surface area (Å²) in [6.45, 7) is 2.14. The molecule has 0 aliphatic carbocycles. The Balaban J connectivity index is 1.82. The molecule has 0 bridgehead atoms. The minimum Gasteiger partial charge on any atom is -0.382 e.